The lowest BCUT2D eigenvalue weighted by atomic mass is 10.3. The van der Waals surface area contributed by atoms with Gasteiger partial charge in [-0.25, -0.2) is 13.1 Å². The van der Waals surface area contributed by atoms with Crippen LogP contribution in [-0.2, 0) is 26.1 Å². The molecule has 1 aromatic rings. The minimum Gasteiger partial charge on any atom is -0.374 e. The Kier molecular flexibility index (Phi) is 5.92. The summed E-state index contributed by atoms with van der Waals surface area (Å²) in [6.07, 6.45) is 5.47. The van der Waals surface area contributed by atoms with Gasteiger partial charge in [0.05, 0.1) is 18.9 Å². The van der Waals surface area contributed by atoms with Crippen molar-refractivity contribution in [1.29, 1.82) is 0 Å². The van der Waals surface area contributed by atoms with Gasteiger partial charge in [-0.3, -0.25) is 9.48 Å². The zero-order valence-corrected chi connectivity index (χ0v) is 13.5. The Morgan fingerprint density at radius 2 is 2.32 bits per heavy atom. The third-order valence-corrected chi connectivity index (χ3v) is 4.08. The van der Waals surface area contributed by atoms with Gasteiger partial charge >= 0.3 is 0 Å². The Hall–Kier alpha value is -1.45. The molecule has 22 heavy (non-hydrogen) atoms. The number of rotatable bonds is 6. The first-order valence-electron chi connectivity index (χ1n) is 7.25. The number of sulfonamides is 1. The number of nitrogens with one attached hydrogen (secondary N) is 1. The van der Waals surface area contributed by atoms with Gasteiger partial charge in [0.25, 0.3) is 0 Å². The van der Waals surface area contributed by atoms with Crippen LogP contribution in [0.5, 0.6) is 0 Å². The average molecular weight is 330 g/mol. The number of hydrogen-bond donors (Lipinski definition) is 1. The molecular formula is C13H22N4O4S. The zero-order valence-electron chi connectivity index (χ0n) is 12.6. The number of carbonyl (C=O) groups is 1. The van der Waals surface area contributed by atoms with Crippen LogP contribution in [-0.4, -0.2) is 67.6 Å². The minimum absolute atomic E-state index is 0.0629. The summed E-state index contributed by atoms with van der Waals surface area (Å²) in [5.74, 6) is -0.0629. The van der Waals surface area contributed by atoms with Gasteiger partial charge in [0.2, 0.25) is 15.9 Å². The first kappa shape index (κ1) is 16.9. The molecule has 1 saturated heterocycles. The first-order chi connectivity index (χ1) is 10.4. The van der Waals surface area contributed by atoms with Crippen molar-refractivity contribution in [2.24, 2.45) is 0 Å². The van der Waals surface area contributed by atoms with Crippen molar-refractivity contribution in [3.8, 4) is 0 Å². The van der Waals surface area contributed by atoms with Crippen LogP contribution in [0.25, 0.3) is 0 Å². The molecule has 1 aliphatic heterocycles. The molecule has 0 radical (unpaired) electrons. The fourth-order valence-corrected chi connectivity index (χ4v) is 2.82. The van der Waals surface area contributed by atoms with Gasteiger partial charge in [-0.15, -0.1) is 0 Å². The molecule has 2 heterocycles. The number of amides is 1. The number of ether oxygens (including phenoxy) is 1. The molecule has 1 atom stereocenters. The molecular weight excluding hydrogens is 308 g/mol. The van der Waals surface area contributed by atoms with Crippen molar-refractivity contribution in [3.63, 3.8) is 0 Å². The Labute approximate surface area is 130 Å². The van der Waals surface area contributed by atoms with Crippen molar-refractivity contribution in [1.82, 2.24) is 19.4 Å². The van der Waals surface area contributed by atoms with E-state index in [2.05, 4.69) is 9.82 Å². The second-order valence-corrected chi connectivity index (χ2v) is 7.16. The van der Waals surface area contributed by atoms with E-state index in [9.17, 15) is 13.2 Å². The van der Waals surface area contributed by atoms with Crippen LogP contribution in [0.4, 0.5) is 0 Å². The van der Waals surface area contributed by atoms with Crippen LogP contribution in [0.2, 0.25) is 0 Å². The lowest BCUT2D eigenvalue weighted by Gasteiger charge is -2.24. The fraction of sp³-hybridized carbons (Fsp3) is 0.692. The monoisotopic (exact) mass is 330 g/mol. The fourth-order valence-electron chi connectivity index (χ4n) is 2.35. The Balaban J connectivity index is 1.84. The highest BCUT2D eigenvalue weighted by molar-refractivity contribution is 7.88. The summed E-state index contributed by atoms with van der Waals surface area (Å²) in [4.78, 5) is 13.9. The van der Waals surface area contributed by atoms with E-state index in [1.807, 2.05) is 12.3 Å². The third-order valence-electron chi connectivity index (χ3n) is 3.36. The number of hydrogen-bond acceptors (Lipinski definition) is 5. The Bertz CT molecular complexity index is 573. The summed E-state index contributed by atoms with van der Waals surface area (Å²) in [6.45, 7) is 2.46. The third kappa shape index (κ3) is 5.74. The molecule has 1 fully saturated rings. The largest absolute Gasteiger partial charge is 0.374 e. The van der Waals surface area contributed by atoms with E-state index in [4.69, 9.17) is 4.74 Å². The molecule has 9 heteroatoms. The number of nitrogens with zero attached hydrogens (tertiary/aromatic N) is 3. The molecule has 1 amide bonds. The van der Waals surface area contributed by atoms with Crippen LogP contribution in [0.3, 0.4) is 0 Å². The molecule has 1 aromatic heterocycles. The maximum atomic E-state index is 12.2. The minimum atomic E-state index is -3.26. The molecule has 0 spiro atoms. The molecule has 124 valence electrons. The Morgan fingerprint density at radius 1 is 1.50 bits per heavy atom. The van der Waals surface area contributed by atoms with Crippen LogP contribution in [0.15, 0.2) is 18.5 Å². The smallest absolute Gasteiger partial charge is 0.223 e. The summed E-state index contributed by atoms with van der Waals surface area (Å²) in [5.41, 5.74) is 0. The zero-order chi connectivity index (χ0) is 16.0. The van der Waals surface area contributed by atoms with Crippen LogP contribution < -0.4 is 4.72 Å². The van der Waals surface area contributed by atoms with E-state index in [1.165, 1.54) is 0 Å². The van der Waals surface area contributed by atoms with Crippen LogP contribution >= 0.6 is 0 Å². The maximum Gasteiger partial charge on any atom is 0.223 e. The quantitative estimate of drug-likeness (QED) is 0.755. The number of aromatic nitrogens is 2. The van der Waals surface area contributed by atoms with Crippen LogP contribution in [0, 0.1) is 0 Å². The normalized spacial score (nSPS) is 19.9. The maximum absolute atomic E-state index is 12.2. The molecule has 0 aromatic carbocycles. The number of carbonyl (C=O) groups excluding carboxylic acids is 1. The molecule has 2 rings (SSSR count). The van der Waals surface area contributed by atoms with Crippen molar-refractivity contribution in [2.45, 2.75) is 25.5 Å². The van der Waals surface area contributed by atoms with Gasteiger partial charge < -0.3 is 9.64 Å². The van der Waals surface area contributed by atoms with Gasteiger partial charge in [-0.2, -0.15) is 5.10 Å². The SMILES string of the molecule is CS(=O)(=O)NCCC(=O)N1CCCO[C@@H](Cn2cccn2)C1. The van der Waals surface area contributed by atoms with Crippen molar-refractivity contribution < 1.29 is 17.9 Å². The highest BCUT2D eigenvalue weighted by Crippen LogP contribution is 2.09. The second kappa shape index (κ2) is 7.70. The predicted octanol–water partition coefficient (Wildman–Crippen LogP) is -0.560. The van der Waals surface area contributed by atoms with E-state index in [-0.39, 0.29) is 25.0 Å². The summed E-state index contributed by atoms with van der Waals surface area (Å²) in [6, 6.07) is 1.84. The Morgan fingerprint density at radius 3 is 3.00 bits per heavy atom. The molecule has 0 bridgehead atoms. The van der Waals surface area contributed by atoms with Crippen LogP contribution in [0.1, 0.15) is 12.8 Å². The predicted molar refractivity (Wildman–Crippen MR) is 80.6 cm³/mol. The molecule has 1 N–H and O–H groups in total. The second-order valence-electron chi connectivity index (χ2n) is 5.33. The van der Waals surface area contributed by atoms with Gasteiger partial charge in [0, 0.05) is 45.1 Å². The highest BCUT2D eigenvalue weighted by Gasteiger charge is 2.22. The summed E-state index contributed by atoms with van der Waals surface area (Å²) in [7, 11) is -3.26. The molecule has 0 unspecified atom stereocenters. The van der Waals surface area contributed by atoms with Gasteiger partial charge in [0.1, 0.15) is 0 Å². The summed E-state index contributed by atoms with van der Waals surface area (Å²) < 4.78 is 31.9. The van der Waals surface area contributed by atoms with E-state index in [0.29, 0.717) is 26.2 Å². The molecule has 1 aliphatic rings. The van der Waals surface area contributed by atoms with Gasteiger partial charge in [-0.05, 0) is 12.5 Å². The molecule has 0 aliphatic carbocycles. The standard InChI is InChI=1S/C13H22N4O4S/c1-22(19,20)15-6-4-13(18)16-7-3-9-21-12(10-16)11-17-8-2-5-14-17/h2,5,8,12,15H,3-4,6-7,9-11H2,1H3/t12-/m1/s1. The van der Waals surface area contributed by atoms with E-state index < -0.39 is 10.0 Å². The van der Waals surface area contributed by atoms with Gasteiger partial charge in [0.15, 0.2) is 0 Å². The van der Waals surface area contributed by atoms with Crippen molar-refractivity contribution >= 4 is 15.9 Å². The molecule has 8 nitrogen and oxygen atoms in total. The van der Waals surface area contributed by atoms with Crippen molar-refractivity contribution in [2.75, 3.05) is 32.5 Å². The lowest BCUT2D eigenvalue weighted by molar-refractivity contribution is -0.131. The van der Waals surface area contributed by atoms with Gasteiger partial charge in [-0.1, -0.05) is 0 Å². The summed E-state index contributed by atoms with van der Waals surface area (Å²) in [5, 5.41) is 4.14. The summed E-state index contributed by atoms with van der Waals surface area (Å²) >= 11 is 0. The highest BCUT2D eigenvalue weighted by atomic mass is 32.2. The van der Waals surface area contributed by atoms with E-state index in [0.717, 1.165) is 12.7 Å². The average Bonchev–Trinajstić information content (AvgIpc) is 2.81. The van der Waals surface area contributed by atoms with E-state index in [1.54, 1.807) is 15.8 Å². The molecule has 0 saturated carbocycles. The van der Waals surface area contributed by atoms with E-state index >= 15 is 0 Å². The first-order valence-corrected chi connectivity index (χ1v) is 9.14. The topological polar surface area (TPSA) is 93.5 Å². The lowest BCUT2D eigenvalue weighted by Crippen LogP contribution is -2.40. The van der Waals surface area contributed by atoms with Crippen molar-refractivity contribution in [3.05, 3.63) is 18.5 Å².